The van der Waals surface area contributed by atoms with Gasteiger partial charge in [0, 0.05) is 6.42 Å². The van der Waals surface area contributed by atoms with Gasteiger partial charge in [-0.1, -0.05) is 44.2 Å². The summed E-state index contributed by atoms with van der Waals surface area (Å²) in [4.78, 5) is 41.5. The molecule has 0 bridgehead atoms. The molecule has 36 heavy (non-hydrogen) atoms. The van der Waals surface area contributed by atoms with Crippen LogP contribution in [0.2, 0.25) is 0 Å². The summed E-state index contributed by atoms with van der Waals surface area (Å²) in [7, 11) is 0. The highest BCUT2D eigenvalue weighted by Gasteiger charge is 2.22. The van der Waals surface area contributed by atoms with Crippen LogP contribution in [0, 0.1) is 12.8 Å². The molecule has 0 saturated carbocycles. The molecule has 0 fully saturated rings. The molecule has 9 nitrogen and oxygen atoms in total. The van der Waals surface area contributed by atoms with Gasteiger partial charge in [-0.3, -0.25) is 14.5 Å². The molecule has 0 saturated heterocycles. The average molecular weight is 493 g/mol. The van der Waals surface area contributed by atoms with E-state index in [9.17, 15) is 14.4 Å². The number of nitrogens with zero attached hydrogens (tertiary/aromatic N) is 2. The Balaban J connectivity index is 1.69. The number of oxazole rings is 1. The van der Waals surface area contributed by atoms with Crippen molar-refractivity contribution in [2.75, 3.05) is 4.90 Å². The van der Waals surface area contributed by atoms with Gasteiger partial charge in [-0.25, -0.2) is 9.78 Å². The Bertz CT molecular complexity index is 1200. The van der Waals surface area contributed by atoms with E-state index in [4.69, 9.17) is 15.3 Å². The third-order valence-electron chi connectivity index (χ3n) is 5.63. The summed E-state index contributed by atoms with van der Waals surface area (Å²) in [6.45, 7) is 5.97. The number of nitrogens with two attached hydrogens (primary N) is 1. The number of carboxylic acids is 1. The molecule has 3 aromatic rings. The van der Waals surface area contributed by atoms with E-state index in [1.165, 1.54) is 11.1 Å². The summed E-state index contributed by atoms with van der Waals surface area (Å²) >= 11 is 0. The molecule has 1 atom stereocenters. The van der Waals surface area contributed by atoms with Gasteiger partial charge in [0.05, 0.1) is 30.4 Å². The first-order valence-corrected chi connectivity index (χ1v) is 11.8. The van der Waals surface area contributed by atoms with Gasteiger partial charge in [-0.15, -0.1) is 0 Å². The fourth-order valence-corrected chi connectivity index (χ4v) is 3.92. The molecule has 3 rings (SSSR count). The average Bonchev–Trinajstić information content (AvgIpc) is 3.28. The fraction of sp³-hybridized carbons (Fsp3) is 0.333. The van der Waals surface area contributed by atoms with Crippen LogP contribution in [0.15, 0.2) is 59.1 Å². The number of anilines is 2. The first-order valence-electron chi connectivity index (χ1n) is 11.8. The summed E-state index contributed by atoms with van der Waals surface area (Å²) in [6.07, 6.45) is 2.44. The minimum atomic E-state index is -0.913. The maximum atomic E-state index is 12.8. The van der Waals surface area contributed by atoms with Crippen LogP contribution in [0.25, 0.3) is 0 Å². The van der Waals surface area contributed by atoms with Gasteiger partial charge in [-0.2, -0.15) is 0 Å². The van der Waals surface area contributed by atoms with Crippen LogP contribution in [-0.4, -0.2) is 28.0 Å². The van der Waals surface area contributed by atoms with Crippen molar-refractivity contribution < 1.29 is 23.9 Å². The SMILES string of the molecule is Cc1ccccc1N(C(N)=O)c1ccc(CC(=O)NC(CC(C)C)c2ncc(CCC(=O)O)o2)cc1. The van der Waals surface area contributed by atoms with Gasteiger partial charge in [0.15, 0.2) is 0 Å². The highest BCUT2D eigenvalue weighted by Crippen LogP contribution is 2.28. The zero-order valence-electron chi connectivity index (χ0n) is 20.7. The number of nitrogens with one attached hydrogen (secondary N) is 1. The number of aromatic nitrogens is 1. The number of carbonyl (C=O) groups is 3. The third kappa shape index (κ3) is 7.18. The quantitative estimate of drug-likeness (QED) is 0.356. The lowest BCUT2D eigenvalue weighted by Gasteiger charge is -2.23. The lowest BCUT2D eigenvalue weighted by atomic mass is 10.0. The molecule has 0 aliphatic rings. The van der Waals surface area contributed by atoms with Crippen LogP contribution < -0.4 is 16.0 Å². The van der Waals surface area contributed by atoms with Gasteiger partial charge < -0.3 is 20.6 Å². The zero-order chi connectivity index (χ0) is 26.2. The van der Waals surface area contributed by atoms with Crippen molar-refractivity contribution in [3.8, 4) is 0 Å². The predicted octanol–water partition coefficient (Wildman–Crippen LogP) is 4.66. The van der Waals surface area contributed by atoms with Crippen LogP contribution >= 0.6 is 0 Å². The standard InChI is InChI=1S/C27H32N4O5/c1-17(2)14-22(26-29-16-21(36-26)12-13-25(33)34)30-24(32)15-19-8-10-20(11-9-19)31(27(28)35)23-7-5-4-6-18(23)3/h4-11,16-17,22H,12-15H2,1-3H3,(H2,28,35)(H,30,32)(H,33,34). The van der Waals surface area contributed by atoms with Crippen LogP contribution in [0.4, 0.5) is 16.2 Å². The monoisotopic (exact) mass is 492 g/mol. The van der Waals surface area contributed by atoms with Gasteiger partial charge >= 0.3 is 12.0 Å². The zero-order valence-corrected chi connectivity index (χ0v) is 20.7. The molecule has 0 aliphatic heterocycles. The summed E-state index contributed by atoms with van der Waals surface area (Å²) in [5, 5.41) is 11.9. The van der Waals surface area contributed by atoms with E-state index >= 15 is 0 Å². The molecule has 190 valence electrons. The molecule has 9 heteroatoms. The Morgan fingerprint density at radius 3 is 2.42 bits per heavy atom. The summed E-state index contributed by atoms with van der Waals surface area (Å²) in [5.74, 6) is -0.0138. The van der Waals surface area contributed by atoms with Crippen LogP contribution in [0.3, 0.4) is 0 Å². The second-order valence-corrected chi connectivity index (χ2v) is 9.11. The first-order chi connectivity index (χ1) is 17.1. The number of rotatable bonds is 11. The number of urea groups is 1. The van der Waals surface area contributed by atoms with Crippen molar-refractivity contribution in [1.29, 1.82) is 0 Å². The summed E-state index contributed by atoms with van der Waals surface area (Å²) in [5.41, 5.74) is 8.63. The van der Waals surface area contributed by atoms with E-state index in [0.29, 0.717) is 29.4 Å². The molecular formula is C27H32N4O5. The van der Waals surface area contributed by atoms with Gasteiger partial charge in [0.2, 0.25) is 11.8 Å². The second kappa shape index (κ2) is 12.0. The van der Waals surface area contributed by atoms with Gasteiger partial charge in [0.1, 0.15) is 11.8 Å². The maximum absolute atomic E-state index is 12.8. The molecule has 1 aromatic heterocycles. The Morgan fingerprint density at radius 2 is 1.81 bits per heavy atom. The number of amides is 3. The Hall–Kier alpha value is -4.14. The van der Waals surface area contributed by atoms with Crippen molar-refractivity contribution >= 4 is 29.3 Å². The number of hydrogen-bond donors (Lipinski definition) is 3. The summed E-state index contributed by atoms with van der Waals surface area (Å²) < 4.78 is 5.73. The van der Waals surface area contributed by atoms with E-state index in [1.54, 1.807) is 24.3 Å². The summed E-state index contributed by atoms with van der Waals surface area (Å²) in [6, 6.07) is 13.5. The van der Waals surface area contributed by atoms with Crippen LogP contribution in [0.1, 0.15) is 55.5 Å². The van der Waals surface area contributed by atoms with Crippen molar-refractivity contribution in [3.05, 3.63) is 77.5 Å². The van der Waals surface area contributed by atoms with Crippen molar-refractivity contribution in [3.63, 3.8) is 0 Å². The number of para-hydroxylation sites is 1. The molecule has 1 heterocycles. The molecule has 4 N–H and O–H groups in total. The minimum Gasteiger partial charge on any atom is -0.481 e. The largest absolute Gasteiger partial charge is 0.481 e. The smallest absolute Gasteiger partial charge is 0.323 e. The Morgan fingerprint density at radius 1 is 1.11 bits per heavy atom. The number of aryl methyl sites for hydroxylation is 2. The number of primary amides is 1. The number of benzene rings is 2. The number of hydrogen-bond acceptors (Lipinski definition) is 5. The molecule has 0 aliphatic carbocycles. The fourth-order valence-electron chi connectivity index (χ4n) is 3.92. The molecule has 2 aromatic carbocycles. The van der Waals surface area contributed by atoms with E-state index in [2.05, 4.69) is 10.3 Å². The predicted molar refractivity (Wildman–Crippen MR) is 136 cm³/mol. The van der Waals surface area contributed by atoms with Crippen LogP contribution in [0.5, 0.6) is 0 Å². The number of aliphatic carboxylic acids is 1. The molecule has 3 amide bonds. The van der Waals surface area contributed by atoms with Crippen LogP contribution in [-0.2, 0) is 22.4 Å². The van der Waals surface area contributed by atoms with Crippen molar-refractivity contribution in [1.82, 2.24) is 10.3 Å². The second-order valence-electron chi connectivity index (χ2n) is 9.11. The molecular weight excluding hydrogens is 460 g/mol. The molecule has 0 radical (unpaired) electrons. The Kier molecular flexibility index (Phi) is 8.83. The van der Waals surface area contributed by atoms with Crippen molar-refractivity contribution in [2.45, 2.75) is 52.5 Å². The lowest BCUT2D eigenvalue weighted by molar-refractivity contribution is -0.137. The number of carboxylic acid groups (broad SMARTS) is 1. The van der Waals surface area contributed by atoms with E-state index in [-0.39, 0.29) is 31.1 Å². The van der Waals surface area contributed by atoms with Crippen molar-refractivity contribution in [2.24, 2.45) is 11.7 Å². The van der Waals surface area contributed by atoms with Gasteiger partial charge in [-0.05, 0) is 48.6 Å². The normalized spacial score (nSPS) is 11.8. The minimum absolute atomic E-state index is 0.0527. The van der Waals surface area contributed by atoms with E-state index < -0.39 is 18.0 Å². The van der Waals surface area contributed by atoms with E-state index in [1.807, 2.05) is 45.0 Å². The highest BCUT2D eigenvalue weighted by atomic mass is 16.4. The molecule has 0 spiro atoms. The van der Waals surface area contributed by atoms with E-state index in [0.717, 1.165) is 11.1 Å². The highest BCUT2D eigenvalue weighted by molar-refractivity contribution is 5.99. The topological polar surface area (TPSA) is 139 Å². The Labute approximate surface area is 210 Å². The first kappa shape index (κ1) is 26.5. The molecule has 1 unspecified atom stereocenters. The van der Waals surface area contributed by atoms with Gasteiger partial charge in [0.25, 0.3) is 0 Å². The third-order valence-corrected chi connectivity index (χ3v) is 5.63. The lowest BCUT2D eigenvalue weighted by Crippen LogP contribution is -2.32. The maximum Gasteiger partial charge on any atom is 0.323 e. The number of carbonyl (C=O) groups excluding carboxylic acids is 2.